The Balaban J connectivity index is 1.44. The Bertz CT molecular complexity index is 1210. The Morgan fingerprint density at radius 2 is 2.19 bits per heavy atom. The second-order valence-electron chi connectivity index (χ2n) is 6.99. The molecule has 0 unspecified atom stereocenters. The van der Waals surface area contributed by atoms with Gasteiger partial charge in [-0.2, -0.15) is 0 Å². The van der Waals surface area contributed by atoms with Crippen LogP contribution >= 0.6 is 35.1 Å². The predicted octanol–water partition coefficient (Wildman–Crippen LogP) is 4.15. The zero-order valence-corrected chi connectivity index (χ0v) is 18.8. The Morgan fingerprint density at radius 3 is 3.03 bits per heavy atom. The standard InChI is InChI=1S/C20H20ClN7OS2/c21-14-3-2-13(12-16(14)29)17-18(28-10-11-30-20(28)26-17)15-4-6-22-19(25-15)23-7-9-27-8-1-5-24-31-27/h2-4,6,10-12,24,29H,1,5,7-9H2,(H,22,23,25). The number of fused-ring (bicyclic) bond motifs is 1. The van der Waals surface area contributed by atoms with E-state index in [0.717, 1.165) is 60.2 Å². The van der Waals surface area contributed by atoms with Gasteiger partial charge in [-0.15, -0.1) is 11.3 Å². The molecule has 0 amide bonds. The van der Waals surface area contributed by atoms with Crippen molar-refractivity contribution >= 4 is 46.0 Å². The summed E-state index contributed by atoms with van der Waals surface area (Å²) in [6, 6.07) is 7.02. The quantitative estimate of drug-likeness (QED) is 0.360. The fraction of sp³-hybridized carbons (Fsp3) is 0.250. The molecule has 5 rings (SSSR count). The first-order chi connectivity index (χ1) is 15.2. The van der Waals surface area contributed by atoms with Gasteiger partial charge in [0.15, 0.2) is 4.96 Å². The van der Waals surface area contributed by atoms with Crippen molar-refractivity contribution in [2.24, 2.45) is 0 Å². The monoisotopic (exact) mass is 473 g/mol. The SMILES string of the molecule is Oc1cc(-c2nc3sccn3c2-c2ccnc(NCCN3CCCNS3)n2)ccc1Cl. The van der Waals surface area contributed by atoms with E-state index in [4.69, 9.17) is 21.6 Å². The molecule has 0 saturated carbocycles. The van der Waals surface area contributed by atoms with Crippen molar-refractivity contribution in [3.05, 3.63) is 47.1 Å². The Kier molecular flexibility index (Phi) is 5.97. The number of nitrogens with zero attached hydrogens (tertiary/aromatic N) is 5. The van der Waals surface area contributed by atoms with Crippen LogP contribution in [0, 0.1) is 0 Å². The molecular weight excluding hydrogens is 454 g/mol. The Labute approximate surface area is 192 Å². The van der Waals surface area contributed by atoms with Gasteiger partial charge in [0, 0.05) is 61.7 Å². The molecule has 0 spiro atoms. The molecule has 0 radical (unpaired) electrons. The fourth-order valence-electron chi connectivity index (χ4n) is 3.43. The van der Waals surface area contributed by atoms with Crippen LogP contribution in [-0.2, 0) is 0 Å². The summed E-state index contributed by atoms with van der Waals surface area (Å²) in [5, 5.41) is 15.7. The number of benzene rings is 1. The summed E-state index contributed by atoms with van der Waals surface area (Å²) < 4.78 is 7.60. The zero-order chi connectivity index (χ0) is 21.2. The van der Waals surface area contributed by atoms with Crippen LogP contribution in [0.3, 0.4) is 0 Å². The van der Waals surface area contributed by atoms with E-state index < -0.39 is 0 Å². The van der Waals surface area contributed by atoms with Crippen LogP contribution in [0.1, 0.15) is 6.42 Å². The van der Waals surface area contributed by atoms with Crippen LogP contribution in [0.4, 0.5) is 5.95 Å². The maximum atomic E-state index is 10.1. The molecule has 8 nitrogen and oxygen atoms in total. The first-order valence-corrected chi connectivity index (χ1v) is 11.9. The minimum absolute atomic E-state index is 0.0246. The lowest BCUT2D eigenvalue weighted by Crippen LogP contribution is -2.33. The lowest BCUT2D eigenvalue weighted by molar-refractivity contribution is 0.450. The van der Waals surface area contributed by atoms with Crippen LogP contribution in [0.25, 0.3) is 27.6 Å². The van der Waals surface area contributed by atoms with Crippen molar-refractivity contribution in [2.45, 2.75) is 6.42 Å². The van der Waals surface area contributed by atoms with E-state index in [9.17, 15) is 5.11 Å². The lowest BCUT2D eigenvalue weighted by atomic mass is 10.1. The molecule has 1 aromatic carbocycles. The second kappa shape index (κ2) is 9.01. The number of imidazole rings is 1. The minimum Gasteiger partial charge on any atom is -0.506 e. The summed E-state index contributed by atoms with van der Waals surface area (Å²) in [6.45, 7) is 3.76. The summed E-state index contributed by atoms with van der Waals surface area (Å²) in [5.74, 6) is 0.596. The highest BCUT2D eigenvalue weighted by atomic mass is 35.5. The summed E-state index contributed by atoms with van der Waals surface area (Å²) in [6.07, 6.45) is 4.87. The molecule has 1 fully saturated rings. The lowest BCUT2D eigenvalue weighted by Gasteiger charge is -2.25. The third-order valence-electron chi connectivity index (χ3n) is 4.90. The van der Waals surface area contributed by atoms with Crippen molar-refractivity contribution in [1.29, 1.82) is 0 Å². The molecule has 0 aliphatic carbocycles. The maximum absolute atomic E-state index is 10.1. The molecule has 160 valence electrons. The zero-order valence-electron chi connectivity index (χ0n) is 16.5. The molecule has 11 heteroatoms. The molecule has 0 bridgehead atoms. The van der Waals surface area contributed by atoms with Gasteiger partial charge in [0.25, 0.3) is 0 Å². The highest BCUT2D eigenvalue weighted by molar-refractivity contribution is 7.95. The van der Waals surface area contributed by atoms with Crippen molar-refractivity contribution in [3.63, 3.8) is 0 Å². The molecule has 31 heavy (non-hydrogen) atoms. The number of halogens is 1. The third kappa shape index (κ3) is 4.35. The fourth-order valence-corrected chi connectivity index (χ4v) is 5.08. The molecule has 3 aromatic heterocycles. The number of phenols is 1. The number of aromatic nitrogens is 4. The normalized spacial score (nSPS) is 14.9. The second-order valence-corrected chi connectivity index (χ2v) is 9.26. The van der Waals surface area contributed by atoms with Crippen molar-refractivity contribution in [2.75, 3.05) is 31.5 Å². The largest absolute Gasteiger partial charge is 0.506 e. The Hall–Kier alpha value is -2.37. The number of phenolic OH excluding ortho intramolecular Hbond substituents is 1. The van der Waals surface area contributed by atoms with Gasteiger partial charge >= 0.3 is 0 Å². The number of anilines is 1. The molecule has 1 aliphatic heterocycles. The van der Waals surface area contributed by atoms with E-state index in [0.29, 0.717) is 11.0 Å². The van der Waals surface area contributed by atoms with Crippen LogP contribution in [0.2, 0.25) is 5.02 Å². The van der Waals surface area contributed by atoms with Gasteiger partial charge in [0.2, 0.25) is 5.95 Å². The highest BCUT2D eigenvalue weighted by Crippen LogP contribution is 2.36. The average Bonchev–Trinajstić information content (AvgIpc) is 3.38. The van der Waals surface area contributed by atoms with E-state index in [2.05, 4.69) is 19.3 Å². The third-order valence-corrected chi connectivity index (χ3v) is 6.94. The molecular formula is C20H20ClN7OS2. The molecule has 3 N–H and O–H groups in total. The number of hydrogen-bond donors (Lipinski definition) is 3. The molecule has 4 heterocycles. The first-order valence-electron chi connectivity index (χ1n) is 9.85. The van der Waals surface area contributed by atoms with E-state index in [1.54, 1.807) is 41.8 Å². The maximum Gasteiger partial charge on any atom is 0.223 e. The molecule has 1 aliphatic rings. The van der Waals surface area contributed by atoms with Gasteiger partial charge < -0.3 is 10.4 Å². The highest BCUT2D eigenvalue weighted by Gasteiger charge is 2.19. The van der Waals surface area contributed by atoms with Gasteiger partial charge in [-0.1, -0.05) is 17.7 Å². The number of aromatic hydroxyl groups is 1. The van der Waals surface area contributed by atoms with Crippen molar-refractivity contribution in [1.82, 2.24) is 28.4 Å². The number of rotatable bonds is 6. The van der Waals surface area contributed by atoms with E-state index in [1.165, 1.54) is 0 Å². The minimum atomic E-state index is 0.0246. The van der Waals surface area contributed by atoms with Gasteiger partial charge in [0.1, 0.15) is 11.4 Å². The van der Waals surface area contributed by atoms with Gasteiger partial charge in [0.05, 0.1) is 16.4 Å². The Morgan fingerprint density at radius 1 is 1.26 bits per heavy atom. The molecule has 4 aromatic rings. The van der Waals surface area contributed by atoms with Gasteiger partial charge in [-0.3, -0.25) is 9.12 Å². The summed E-state index contributed by atoms with van der Waals surface area (Å²) in [5.41, 5.74) is 3.11. The number of nitrogens with one attached hydrogen (secondary N) is 2. The smallest absolute Gasteiger partial charge is 0.223 e. The number of thiazole rings is 1. The summed E-state index contributed by atoms with van der Waals surface area (Å²) in [4.78, 5) is 14.7. The average molecular weight is 474 g/mol. The predicted molar refractivity (Wildman–Crippen MR) is 126 cm³/mol. The first kappa shape index (κ1) is 20.5. The van der Waals surface area contributed by atoms with E-state index in [1.807, 2.05) is 28.1 Å². The number of hydrogen-bond acceptors (Lipinski definition) is 9. The van der Waals surface area contributed by atoms with Crippen LogP contribution in [-0.4, -0.2) is 54.9 Å². The van der Waals surface area contributed by atoms with Crippen LogP contribution in [0.5, 0.6) is 5.75 Å². The van der Waals surface area contributed by atoms with Gasteiger partial charge in [-0.25, -0.2) is 19.3 Å². The molecule has 1 saturated heterocycles. The van der Waals surface area contributed by atoms with Crippen LogP contribution < -0.4 is 10.0 Å². The summed E-state index contributed by atoms with van der Waals surface area (Å²) >= 11 is 9.21. The van der Waals surface area contributed by atoms with Gasteiger partial charge in [-0.05, 0) is 24.6 Å². The van der Waals surface area contributed by atoms with Crippen molar-refractivity contribution < 1.29 is 5.11 Å². The van der Waals surface area contributed by atoms with Crippen LogP contribution in [0.15, 0.2) is 42.0 Å². The topological polar surface area (TPSA) is 90.6 Å². The summed E-state index contributed by atoms with van der Waals surface area (Å²) in [7, 11) is 0. The van der Waals surface area contributed by atoms with Crippen molar-refractivity contribution in [3.8, 4) is 28.4 Å². The van der Waals surface area contributed by atoms with E-state index >= 15 is 0 Å². The molecule has 0 atom stereocenters. The van der Waals surface area contributed by atoms with E-state index in [-0.39, 0.29) is 5.75 Å².